The lowest BCUT2D eigenvalue weighted by Crippen LogP contribution is -2.23. The summed E-state index contributed by atoms with van der Waals surface area (Å²) in [5.74, 6) is 0.0904. The van der Waals surface area contributed by atoms with Gasteiger partial charge in [-0.2, -0.15) is 0 Å². The number of ether oxygens (including phenoxy) is 1. The number of ketones is 1. The van der Waals surface area contributed by atoms with E-state index in [4.69, 9.17) is 16.3 Å². The molecule has 108 valence electrons. The van der Waals surface area contributed by atoms with E-state index in [9.17, 15) is 14.9 Å². The van der Waals surface area contributed by atoms with E-state index < -0.39 is 4.92 Å². The molecule has 6 heteroatoms. The maximum Gasteiger partial charge on any atom is 0.311 e. The van der Waals surface area contributed by atoms with Crippen LogP contribution < -0.4 is 4.74 Å². The van der Waals surface area contributed by atoms with Crippen LogP contribution in [0.15, 0.2) is 18.2 Å². The molecular weight excluding hydrogens is 282 g/mol. The van der Waals surface area contributed by atoms with Gasteiger partial charge >= 0.3 is 5.69 Å². The normalized spacial score (nSPS) is 15.8. The molecule has 0 radical (unpaired) electrons. The van der Waals surface area contributed by atoms with Crippen molar-refractivity contribution in [3.05, 3.63) is 33.3 Å². The predicted molar refractivity (Wildman–Crippen MR) is 75.2 cm³/mol. The molecule has 20 heavy (non-hydrogen) atoms. The summed E-state index contributed by atoms with van der Waals surface area (Å²) in [4.78, 5) is 22.3. The molecule has 0 aromatic heterocycles. The van der Waals surface area contributed by atoms with Gasteiger partial charge in [0.05, 0.1) is 4.92 Å². The molecule has 0 aliphatic heterocycles. The summed E-state index contributed by atoms with van der Waals surface area (Å²) >= 11 is 5.80. The molecule has 2 rings (SSSR count). The lowest BCUT2D eigenvalue weighted by atomic mass is 9.86. The second kappa shape index (κ2) is 6.70. The first kappa shape index (κ1) is 14.8. The van der Waals surface area contributed by atoms with Crippen molar-refractivity contribution in [1.82, 2.24) is 0 Å². The number of nitrogens with zero attached hydrogens (tertiary/aromatic N) is 1. The van der Waals surface area contributed by atoms with Gasteiger partial charge in [0.2, 0.25) is 0 Å². The predicted octanol–water partition coefficient (Wildman–Crippen LogP) is 3.78. The van der Waals surface area contributed by atoms with Crippen LogP contribution in [-0.4, -0.2) is 17.3 Å². The van der Waals surface area contributed by atoms with Crippen molar-refractivity contribution < 1.29 is 14.5 Å². The van der Waals surface area contributed by atoms with Gasteiger partial charge in [0.1, 0.15) is 6.61 Å². The summed E-state index contributed by atoms with van der Waals surface area (Å²) in [5.41, 5.74) is -0.175. The maximum atomic E-state index is 12.0. The van der Waals surface area contributed by atoms with Gasteiger partial charge < -0.3 is 4.74 Å². The Morgan fingerprint density at radius 3 is 2.70 bits per heavy atom. The number of carbonyl (C=O) groups is 1. The summed E-state index contributed by atoms with van der Waals surface area (Å²) in [7, 11) is 0. The molecule has 1 aromatic carbocycles. The molecule has 0 N–H and O–H groups in total. The smallest absolute Gasteiger partial charge is 0.311 e. The molecule has 1 saturated carbocycles. The Morgan fingerprint density at radius 1 is 1.35 bits per heavy atom. The molecule has 0 spiro atoms. The molecule has 0 heterocycles. The van der Waals surface area contributed by atoms with E-state index >= 15 is 0 Å². The quantitative estimate of drug-likeness (QED) is 0.612. The minimum absolute atomic E-state index is 0.0129. The topological polar surface area (TPSA) is 69.4 Å². The molecule has 0 unspecified atom stereocenters. The highest BCUT2D eigenvalue weighted by Gasteiger charge is 2.23. The van der Waals surface area contributed by atoms with E-state index in [1.54, 1.807) is 0 Å². The lowest BCUT2D eigenvalue weighted by Gasteiger charge is -2.20. The van der Waals surface area contributed by atoms with Crippen LogP contribution in [0.1, 0.15) is 32.1 Å². The Kier molecular flexibility index (Phi) is 4.95. The van der Waals surface area contributed by atoms with Crippen molar-refractivity contribution >= 4 is 23.1 Å². The third kappa shape index (κ3) is 3.70. The van der Waals surface area contributed by atoms with E-state index in [1.807, 2.05) is 0 Å². The number of benzene rings is 1. The number of hydrogen-bond donors (Lipinski definition) is 0. The SMILES string of the molecule is O=C(COc1cc(Cl)ccc1[N+](=O)[O-])C1CCCCC1. The molecule has 1 aliphatic carbocycles. The van der Waals surface area contributed by atoms with Crippen LogP contribution in [0.2, 0.25) is 5.02 Å². The molecule has 0 atom stereocenters. The molecule has 0 bridgehead atoms. The molecule has 0 saturated heterocycles. The highest BCUT2D eigenvalue weighted by molar-refractivity contribution is 6.30. The van der Waals surface area contributed by atoms with Crippen LogP contribution in [0.5, 0.6) is 5.75 Å². The molecule has 1 aliphatic rings. The molecule has 5 nitrogen and oxygen atoms in total. The van der Waals surface area contributed by atoms with Crippen molar-refractivity contribution in [2.45, 2.75) is 32.1 Å². The van der Waals surface area contributed by atoms with Gasteiger partial charge in [-0.25, -0.2) is 0 Å². The van der Waals surface area contributed by atoms with Gasteiger partial charge in [-0.15, -0.1) is 0 Å². The van der Waals surface area contributed by atoms with Crippen molar-refractivity contribution in [2.75, 3.05) is 6.61 Å². The van der Waals surface area contributed by atoms with Crippen molar-refractivity contribution in [1.29, 1.82) is 0 Å². The Balaban J connectivity index is 2.01. The lowest BCUT2D eigenvalue weighted by molar-refractivity contribution is -0.385. The van der Waals surface area contributed by atoms with E-state index in [0.717, 1.165) is 25.7 Å². The highest BCUT2D eigenvalue weighted by atomic mass is 35.5. The minimum Gasteiger partial charge on any atom is -0.479 e. The number of carbonyl (C=O) groups excluding carboxylic acids is 1. The van der Waals surface area contributed by atoms with Crippen LogP contribution in [0.25, 0.3) is 0 Å². The summed E-state index contributed by atoms with van der Waals surface area (Å²) in [6.45, 7) is -0.133. The fraction of sp³-hybridized carbons (Fsp3) is 0.500. The zero-order chi connectivity index (χ0) is 14.5. The zero-order valence-electron chi connectivity index (χ0n) is 11.0. The summed E-state index contributed by atoms with van der Waals surface area (Å²) in [6, 6.07) is 4.08. The maximum absolute atomic E-state index is 12.0. The van der Waals surface area contributed by atoms with E-state index in [-0.39, 0.29) is 29.7 Å². The standard InChI is InChI=1S/C14H16ClNO4/c15-11-6-7-12(16(18)19)14(8-11)20-9-13(17)10-4-2-1-3-5-10/h6-8,10H,1-5,9H2. The number of Topliss-reactive ketones (excluding diaryl/α,β-unsaturated/α-hetero) is 1. The first-order chi connectivity index (χ1) is 9.58. The fourth-order valence-electron chi connectivity index (χ4n) is 2.45. The van der Waals surface area contributed by atoms with E-state index in [0.29, 0.717) is 5.02 Å². The van der Waals surface area contributed by atoms with Crippen LogP contribution in [0, 0.1) is 16.0 Å². The molecular formula is C14H16ClNO4. The van der Waals surface area contributed by atoms with Crippen LogP contribution >= 0.6 is 11.6 Å². The average Bonchev–Trinajstić information content (AvgIpc) is 2.45. The largest absolute Gasteiger partial charge is 0.479 e. The first-order valence-electron chi connectivity index (χ1n) is 6.67. The zero-order valence-corrected chi connectivity index (χ0v) is 11.8. The van der Waals surface area contributed by atoms with Crippen molar-refractivity contribution in [2.24, 2.45) is 5.92 Å². The average molecular weight is 298 g/mol. The van der Waals surface area contributed by atoms with E-state index in [2.05, 4.69) is 0 Å². The van der Waals surface area contributed by atoms with Crippen LogP contribution in [0.4, 0.5) is 5.69 Å². The molecule has 1 fully saturated rings. The Labute approximate surface area is 122 Å². The number of rotatable bonds is 5. The Bertz CT molecular complexity index is 512. The number of nitro benzene ring substituents is 1. The third-order valence-electron chi connectivity index (χ3n) is 3.55. The first-order valence-corrected chi connectivity index (χ1v) is 7.05. The second-order valence-electron chi connectivity index (χ2n) is 4.96. The fourth-order valence-corrected chi connectivity index (χ4v) is 2.61. The van der Waals surface area contributed by atoms with Gasteiger partial charge in [-0.1, -0.05) is 30.9 Å². The Hall–Kier alpha value is -1.62. The number of hydrogen-bond acceptors (Lipinski definition) is 4. The van der Waals surface area contributed by atoms with Gasteiger partial charge in [-0.05, 0) is 18.9 Å². The highest BCUT2D eigenvalue weighted by Crippen LogP contribution is 2.30. The Morgan fingerprint density at radius 2 is 2.05 bits per heavy atom. The summed E-state index contributed by atoms with van der Waals surface area (Å²) < 4.78 is 5.32. The van der Waals surface area contributed by atoms with Crippen molar-refractivity contribution in [3.63, 3.8) is 0 Å². The van der Waals surface area contributed by atoms with E-state index in [1.165, 1.54) is 24.6 Å². The minimum atomic E-state index is -0.545. The molecule has 1 aromatic rings. The van der Waals surface area contributed by atoms with Crippen LogP contribution in [-0.2, 0) is 4.79 Å². The van der Waals surface area contributed by atoms with Crippen LogP contribution in [0.3, 0.4) is 0 Å². The summed E-state index contributed by atoms with van der Waals surface area (Å²) in [5, 5.41) is 11.2. The monoisotopic (exact) mass is 297 g/mol. The number of halogens is 1. The molecule has 0 amide bonds. The second-order valence-corrected chi connectivity index (χ2v) is 5.40. The van der Waals surface area contributed by atoms with Gasteiger partial charge in [0, 0.05) is 23.1 Å². The van der Waals surface area contributed by atoms with Gasteiger partial charge in [0.25, 0.3) is 0 Å². The third-order valence-corrected chi connectivity index (χ3v) is 3.78. The van der Waals surface area contributed by atoms with Gasteiger partial charge in [-0.3, -0.25) is 14.9 Å². The summed E-state index contributed by atoms with van der Waals surface area (Å²) in [6.07, 6.45) is 5.07. The van der Waals surface area contributed by atoms with Gasteiger partial charge in [0.15, 0.2) is 11.5 Å². The number of nitro groups is 1. The van der Waals surface area contributed by atoms with Crippen molar-refractivity contribution in [3.8, 4) is 5.75 Å².